The third-order valence-electron chi connectivity index (χ3n) is 12.6. The van der Waals surface area contributed by atoms with E-state index in [0.717, 1.165) is 10.7 Å². The zero-order valence-electron chi connectivity index (χ0n) is 31.8. The highest BCUT2D eigenvalue weighted by Crippen LogP contribution is 2.65. The number of amides is 4. The average Bonchev–Trinajstić information content (AvgIpc) is 3.62. The number of nitrogens with zero attached hydrogens (tertiary/aromatic N) is 4. The Morgan fingerprint density at radius 2 is 1.60 bits per heavy atom. The minimum atomic E-state index is -4.76. The molecule has 17 heteroatoms. The van der Waals surface area contributed by atoms with Gasteiger partial charge in [0.15, 0.2) is 5.82 Å². The van der Waals surface area contributed by atoms with Crippen LogP contribution in [0.2, 0.25) is 10.0 Å². The Morgan fingerprint density at radius 3 is 2.27 bits per heavy atom. The van der Waals surface area contributed by atoms with E-state index in [2.05, 4.69) is 15.3 Å². The molecule has 2 N–H and O–H groups in total. The number of methoxy groups -OCH3 is 1. The Labute approximate surface area is 351 Å². The summed E-state index contributed by atoms with van der Waals surface area (Å²) in [7, 11) is 1.39. The first-order valence-corrected chi connectivity index (χ1v) is 20.0. The smallest absolute Gasteiger partial charge is 0.417 e. The lowest BCUT2D eigenvalue weighted by Gasteiger charge is -2.50. The number of fused-ring (bicyclic) bond motifs is 4. The second-order valence-electron chi connectivity index (χ2n) is 15.5. The van der Waals surface area contributed by atoms with Crippen LogP contribution in [0.25, 0.3) is 0 Å². The van der Waals surface area contributed by atoms with Crippen LogP contribution < -0.4 is 20.0 Å². The van der Waals surface area contributed by atoms with E-state index in [1.807, 2.05) is 18.2 Å². The summed E-state index contributed by atoms with van der Waals surface area (Å²) in [5.74, 6) is -7.38. The normalized spacial score (nSPS) is 26.5. The first-order valence-electron chi connectivity index (χ1n) is 19.2. The van der Waals surface area contributed by atoms with Crippen LogP contribution in [-0.4, -0.2) is 72.1 Å². The number of anilines is 3. The van der Waals surface area contributed by atoms with Crippen molar-refractivity contribution in [1.29, 1.82) is 0 Å². The third kappa shape index (κ3) is 6.19. The van der Waals surface area contributed by atoms with Crippen molar-refractivity contribution >= 4 is 64.0 Å². The molecule has 0 spiro atoms. The van der Waals surface area contributed by atoms with E-state index < -0.39 is 69.5 Å². The van der Waals surface area contributed by atoms with Crippen LogP contribution in [0.1, 0.15) is 35.4 Å². The van der Waals surface area contributed by atoms with Gasteiger partial charge in [-0.05, 0) is 72.9 Å². The van der Waals surface area contributed by atoms with E-state index in [-0.39, 0.29) is 36.1 Å². The van der Waals surface area contributed by atoms with E-state index in [9.17, 15) is 32.7 Å². The molecule has 0 radical (unpaired) electrons. The quantitative estimate of drug-likeness (QED) is 0.146. The van der Waals surface area contributed by atoms with Crippen molar-refractivity contribution < 1.29 is 46.9 Å². The number of carbonyl (C=O) groups excluding carboxylic acids is 4. The number of phenols is 1. The number of rotatable bonds is 7. The predicted molar refractivity (Wildman–Crippen MR) is 213 cm³/mol. The van der Waals surface area contributed by atoms with Crippen LogP contribution in [0.4, 0.5) is 30.4 Å². The molecular weight excluding hydrogens is 826 g/mol. The summed E-state index contributed by atoms with van der Waals surface area (Å²) < 4.78 is 51.9. The number of pyridine rings is 1. The average molecular weight is 863 g/mol. The van der Waals surface area contributed by atoms with Gasteiger partial charge in [0.1, 0.15) is 11.5 Å². The number of halogens is 5. The Hall–Kier alpha value is -5.64. The Balaban J connectivity index is 1.17. The van der Waals surface area contributed by atoms with Gasteiger partial charge in [-0.3, -0.25) is 29.5 Å². The number of hydrogen-bond acceptors (Lipinski definition) is 10. The first-order chi connectivity index (χ1) is 28.7. The Kier molecular flexibility index (Phi) is 9.83. The van der Waals surface area contributed by atoms with Gasteiger partial charge < -0.3 is 19.5 Å². The van der Waals surface area contributed by atoms with Crippen LogP contribution >= 0.6 is 23.2 Å². The molecule has 5 aliphatic rings. The standard InChI is InChI=1S/C43H36Cl2F3N5O7/c1-59-34-19-27(54)10-11-29(34)36-28-12-13-30-35(40(57)52(38(30)55)26-8-6-25(7-9-26)51-14-16-60-17-15-51)31(28)20-32-39(56)53(41(58)42(32,36)22-2-4-24(44)5-3-22)50-37-33(45)18-23(21-49-37)43(46,47)48/h2-12,18-19,21,30-32,35-36,54H,13-17,20H2,1H3,(H,49,50)/t30-,31+,32-,35-,36+,42+/m0/s1. The molecule has 3 aliphatic heterocycles. The maximum atomic E-state index is 15.4. The zero-order chi connectivity index (χ0) is 42.2. The van der Waals surface area contributed by atoms with Gasteiger partial charge in [0.25, 0.3) is 11.8 Å². The van der Waals surface area contributed by atoms with Gasteiger partial charge in [-0.1, -0.05) is 53.1 Å². The summed E-state index contributed by atoms with van der Waals surface area (Å²) in [4.78, 5) is 66.7. The van der Waals surface area contributed by atoms with E-state index in [1.165, 1.54) is 24.1 Å². The second kappa shape index (κ2) is 14.8. The van der Waals surface area contributed by atoms with Crippen LogP contribution in [0.5, 0.6) is 11.5 Å². The van der Waals surface area contributed by atoms with Crippen molar-refractivity contribution in [3.63, 3.8) is 0 Å². The van der Waals surface area contributed by atoms with Crippen molar-refractivity contribution in [3.05, 3.63) is 117 Å². The van der Waals surface area contributed by atoms with Gasteiger partial charge in [0, 0.05) is 47.5 Å². The van der Waals surface area contributed by atoms with Gasteiger partial charge in [-0.25, -0.2) is 4.98 Å². The molecule has 60 heavy (non-hydrogen) atoms. The molecule has 2 aliphatic carbocycles. The highest BCUT2D eigenvalue weighted by Gasteiger charge is 2.71. The molecule has 4 fully saturated rings. The fourth-order valence-electron chi connectivity index (χ4n) is 9.95. The molecular formula is C43H36Cl2F3N5O7. The van der Waals surface area contributed by atoms with E-state index in [4.69, 9.17) is 32.7 Å². The van der Waals surface area contributed by atoms with Crippen molar-refractivity contribution in [2.75, 3.05) is 48.6 Å². The maximum absolute atomic E-state index is 15.4. The summed E-state index contributed by atoms with van der Waals surface area (Å²) in [5, 5.41) is 11.1. The number of allylic oxidation sites excluding steroid dienone is 2. The minimum absolute atomic E-state index is 0.0632. The highest BCUT2D eigenvalue weighted by molar-refractivity contribution is 6.33. The number of morpholine rings is 1. The molecule has 0 unspecified atom stereocenters. The summed E-state index contributed by atoms with van der Waals surface area (Å²) in [6.45, 7) is 2.58. The molecule has 0 bridgehead atoms. The molecule has 4 heterocycles. The van der Waals surface area contributed by atoms with Crippen molar-refractivity contribution in [1.82, 2.24) is 9.99 Å². The van der Waals surface area contributed by atoms with E-state index >= 15 is 4.79 Å². The van der Waals surface area contributed by atoms with E-state index in [0.29, 0.717) is 66.0 Å². The van der Waals surface area contributed by atoms with Gasteiger partial charge in [0.05, 0.1) is 59.8 Å². The van der Waals surface area contributed by atoms with Gasteiger partial charge in [-0.15, -0.1) is 0 Å². The maximum Gasteiger partial charge on any atom is 0.417 e. The summed E-state index contributed by atoms with van der Waals surface area (Å²) in [6.07, 6.45) is -2.27. The van der Waals surface area contributed by atoms with Crippen molar-refractivity contribution in [2.45, 2.75) is 30.4 Å². The topological polar surface area (TPSA) is 142 Å². The zero-order valence-corrected chi connectivity index (χ0v) is 33.3. The predicted octanol–water partition coefficient (Wildman–Crippen LogP) is 7.15. The number of carbonyl (C=O) groups is 4. The summed E-state index contributed by atoms with van der Waals surface area (Å²) in [6, 6.07) is 18.7. The molecule has 6 atom stereocenters. The fraction of sp³-hybridized carbons (Fsp3) is 0.326. The molecule has 310 valence electrons. The molecule has 12 nitrogen and oxygen atoms in total. The number of hydrazine groups is 1. The Morgan fingerprint density at radius 1 is 0.900 bits per heavy atom. The highest BCUT2D eigenvalue weighted by atomic mass is 35.5. The number of alkyl halides is 3. The largest absolute Gasteiger partial charge is 0.508 e. The number of aromatic nitrogens is 1. The van der Waals surface area contributed by atoms with Crippen molar-refractivity contribution in [2.24, 2.45) is 23.7 Å². The van der Waals surface area contributed by atoms with Crippen LogP contribution in [-0.2, 0) is 35.5 Å². The van der Waals surface area contributed by atoms with Crippen molar-refractivity contribution in [3.8, 4) is 11.5 Å². The molecule has 3 saturated heterocycles. The second-order valence-corrected chi connectivity index (χ2v) is 16.3. The lowest BCUT2D eigenvalue weighted by atomic mass is 9.49. The SMILES string of the molecule is COc1cc(O)ccc1[C@H]1C2=CC[C@@H]3C(=O)N(c4ccc(N5CCOCC5)cc4)C(=O)[C@@H]3[C@@H]2C[C@H]2C(=O)N(Nc3ncc(C(F)(F)F)cc3Cl)C(=O)[C@@]12c1ccc(Cl)cc1. The van der Waals surface area contributed by atoms with E-state index in [1.54, 1.807) is 42.5 Å². The van der Waals surface area contributed by atoms with Crippen LogP contribution in [0.3, 0.4) is 0 Å². The number of ether oxygens (including phenoxy) is 2. The minimum Gasteiger partial charge on any atom is -0.508 e. The van der Waals surface area contributed by atoms with Crippen LogP contribution in [0.15, 0.2) is 90.6 Å². The van der Waals surface area contributed by atoms with Crippen LogP contribution in [0, 0.1) is 23.7 Å². The molecule has 1 aromatic heterocycles. The fourth-order valence-corrected chi connectivity index (χ4v) is 10.3. The number of hydrogen-bond donors (Lipinski definition) is 2. The molecule has 9 rings (SSSR count). The number of aromatic hydroxyl groups is 1. The summed E-state index contributed by atoms with van der Waals surface area (Å²) in [5.41, 5.74) is 2.44. The first kappa shape index (κ1) is 39.8. The molecule has 3 aromatic carbocycles. The lowest BCUT2D eigenvalue weighted by molar-refractivity contribution is -0.139. The van der Waals surface area contributed by atoms with Gasteiger partial charge in [-0.2, -0.15) is 18.2 Å². The number of nitrogens with one attached hydrogen (secondary N) is 1. The van der Waals surface area contributed by atoms with Gasteiger partial charge in [0.2, 0.25) is 11.8 Å². The number of phenolic OH excluding ortho intramolecular Hbond substituents is 1. The molecule has 1 saturated carbocycles. The lowest BCUT2D eigenvalue weighted by Crippen LogP contribution is -2.53. The summed E-state index contributed by atoms with van der Waals surface area (Å²) >= 11 is 12.7. The van der Waals surface area contributed by atoms with Gasteiger partial charge >= 0.3 is 6.18 Å². The monoisotopic (exact) mass is 861 g/mol. The number of imide groups is 2. The Bertz CT molecular complexity index is 2460. The number of benzene rings is 3. The third-order valence-corrected chi connectivity index (χ3v) is 13.1. The molecule has 4 aromatic rings. The molecule has 4 amide bonds.